The highest BCUT2D eigenvalue weighted by Gasteiger charge is 2.03. The number of guanidine groups is 1. The maximum absolute atomic E-state index is 11.5. The van der Waals surface area contributed by atoms with Crippen LogP contribution in [0.3, 0.4) is 0 Å². The zero-order valence-corrected chi connectivity index (χ0v) is 14.8. The lowest BCUT2D eigenvalue weighted by atomic mass is 10.1. The lowest BCUT2D eigenvalue weighted by Crippen LogP contribution is -2.37. The topological polar surface area (TPSA) is 65.5 Å². The highest BCUT2D eigenvalue weighted by molar-refractivity contribution is 5.93. The van der Waals surface area contributed by atoms with E-state index in [1.807, 2.05) is 24.3 Å². The molecule has 1 aromatic rings. The number of rotatable bonds is 8. The van der Waals surface area contributed by atoms with Crippen molar-refractivity contribution in [2.24, 2.45) is 10.9 Å². The van der Waals surface area contributed by atoms with Gasteiger partial charge in [0.25, 0.3) is 5.91 Å². The Bertz CT molecular complexity index is 494. The molecule has 0 heterocycles. The van der Waals surface area contributed by atoms with Crippen LogP contribution in [0.5, 0.6) is 0 Å². The molecule has 0 saturated carbocycles. The average molecular weight is 318 g/mol. The van der Waals surface area contributed by atoms with Gasteiger partial charge in [0, 0.05) is 32.7 Å². The van der Waals surface area contributed by atoms with E-state index in [4.69, 9.17) is 0 Å². The number of aliphatic imine (C=N–C) groups is 1. The smallest absolute Gasteiger partial charge is 0.251 e. The second-order valence-electron chi connectivity index (χ2n) is 6.02. The molecule has 0 atom stereocenters. The fourth-order valence-corrected chi connectivity index (χ4v) is 2.21. The van der Waals surface area contributed by atoms with Gasteiger partial charge in [-0.15, -0.1) is 0 Å². The monoisotopic (exact) mass is 318 g/mol. The highest BCUT2D eigenvalue weighted by Crippen LogP contribution is 2.05. The minimum absolute atomic E-state index is 0.0663. The van der Waals surface area contributed by atoms with Gasteiger partial charge in [-0.2, -0.15) is 0 Å². The molecule has 3 N–H and O–H groups in total. The van der Waals surface area contributed by atoms with Crippen molar-refractivity contribution in [3.8, 4) is 0 Å². The van der Waals surface area contributed by atoms with Gasteiger partial charge in [-0.1, -0.05) is 38.8 Å². The molecule has 0 aromatic heterocycles. The predicted molar refractivity (Wildman–Crippen MR) is 96.7 cm³/mol. The first-order valence-corrected chi connectivity index (χ1v) is 8.32. The summed E-state index contributed by atoms with van der Waals surface area (Å²) in [6.07, 6.45) is 3.66. The van der Waals surface area contributed by atoms with E-state index in [-0.39, 0.29) is 5.91 Å². The molecule has 0 bridgehead atoms. The number of unbranched alkanes of at least 4 members (excludes halogenated alkanes) is 1. The van der Waals surface area contributed by atoms with E-state index in [1.165, 1.54) is 12.8 Å². The summed E-state index contributed by atoms with van der Waals surface area (Å²) in [5.74, 6) is 1.51. The third kappa shape index (κ3) is 7.68. The molecule has 0 aliphatic carbocycles. The normalized spacial score (nSPS) is 11.4. The molecule has 0 aliphatic rings. The Kier molecular flexibility index (Phi) is 8.80. The van der Waals surface area contributed by atoms with Gasteiger partial charge in [0.05, 0.1) is 0 Å². The molecule has 1 rings (SSSR count). The molecule has 128 valence electrons. The summed E-state index contributed by atoms with van der Waals surface area (Å²) in [4.78, 5) is 15.7. The SMILES string of the molecule is CN=C(NCCCCC(C)C)NCc1ccc(C(=O)NC)cc1. The quantitative estimate of drug-likeness (QED) is 0.392. The minimum atomic E-state index is -0.0663. The van der Waals surface area contributed by atoms with Gasteiger partial charge < -0.3 is 16.0 Å². The molecule has 0 unspecified atom stereocenters. The van der Waals surface area contributed by atoms with Crippen LogP contribution in [-0.2, 0) is 6.54 Å². The van der Waals surface area contributed by atoms with Crippen molar-refractivity contribution in [1.82, 2.24) is 16.0 Å². The number of benzene rings is 1. The van der Waals surface area contributed by atoms with Crippen molar-refractivity contribution in [3.63, 3.8) is 0 Å². The van der Waals surface area contributed by atoms with Crippen LogP contribution in [0.2, 0.25) is 0 Å². The zero-order chi connectivity index (χ0) is 17.1. The Morgan fingerprint density at radius 1 is 1.13 bits per heavy atom. The lowest BCUT2D eigenvalue weighted by Gasteiger charge is -2.12. The molecule has 23 heavy (non-hydrogen) atoms. The summed E-state index contributed by atoms with van der Waals surface area (Å²) in [5.41, 5.74) is 1.78. The molecule has 0 spiro atoms. The van der Waals surface area contributed by atoms with E-state index < -0.39 is 0 Å². The largest absolute Gasteiger partial charge is 0.356 e. The van der Waals surface area contributed by atoms with Gasteiger partial charge in [0.15, 0.2) is 5.96 Å². The van der Waals surface area contributed by atoms with Gasteiger partial charge in [-0.25, -0.2) is 0 Å². The van der Waals surface area contributed by atoms with E-state index in [2.05, 4.69) is 34.8 Å². The molecular formula is C18H30N4O. The van der Waals surface area contributed by atoms with Crippen LogP contribution in [0, 0.1) is 5.92 Å². The predicted octanol–water partition coefficient (Wildman–Crippen LogP) is 2.54. The zero-order valence-electron chi connectivity index (χ0n) is 14.8. The van der Waals surface area contributed by atoms with Crippen LogP contribution in [0.4, 0.5) is 0 Å². The molecule has 5 heteroatoms. The van der Waals surface area contributed by atoms with Crippen LogP contribution >= 0.6 is 0 Å². The van der Waals surface area contributed by atoms with Crippen LogP contribution < -0.4 is 16.0 Å². The Morgan fingerprint density at radius 3 is 2.39 bits per heavy atom. The molecule has 0 fully saturated rings. The van der Waals surface area contributed by atoms with E-state index in [0.29, 0.717) is 12.1 Å². The van der Waals surface area contributed by atoms with Gasteiger partial charge in [0.1, 0.15) is 0 Å². The van der Waals surface area contributed by atoms with Gasteiger partial charge in [-0.3, -0.25) is 9.79 Å². The van der Waals surface area contributed by atoms with E-state index in [0.717, 1.165) is 30.4 Å². The number of carbonyl (C=O) groups is 1. The fourth-order valence-electron chi connectivity index (χ4n) is 2.21. The second kappa shape index (κ2) is 10.6. The van der Waals surface area contributed by atoms with E-state index >= 15 is 0 Å². The number of nitrogens with one attached hydrogen (secondary N) is 3. The maximum atomic E-state index is 11.5. The molecule has 1 amide bonds. The van der Waals surface area contributed by atoms with Gasteiger partial charge in [0.2, 0.25) is 0 Å². The van der Waals surface area contributed by atoms with Crippen LogP contribution in [0.15, 0.2) is 29.3 Å². The van der Waals surface area contributed by atoms with Crippen LogP contribution in [0.1, 0.15) is 49.0 Å². The summed E-state index contributed by atoms with van der Waals surface area (Å²) < 4.78 is 0. The Morgan fingerprint density at radius 2 is 1.83 bits per heavy atom. The summed E-state index contributed by atoms with van der Waals surface area (Å²) in [6.45, 7) is 6.12. The average Bonchev–Trinajstić information content (AvgIpc) is 2.56. The minimum Gasteiger partial charge on any atom is -0.356 e. The third-order valence-electron chi connectivity index (χ3n) is 3.63. The fraction of sp³-hybridized carbons (Fsp3) is 0.556. The van der Waals surface area contributed by atoms with Crippen molar-refractivity contribution >= 4 is 11.9 Å². The maximum Gasteiger partial charge on any atom is 0.251 e. The standard InChI is InChI=1S/C18H30N4O/c1-14(2)7-5-6-12-21-18(20-4)22-13-15-8-10-16(11-9-15)17(23)19-3/h8-11,14H,5-7,12-13H2,1-4H3,(H,19,23)(H2,20,21,22). The first-order chi connectivity index (χ1) is 11.1. The Hall–Kier alpha value is -2.04. The van der Waals surface area contributed by atoms with Crippen molar-refractivity contribution in [1.29, 1.82) is 0 Å². The first-order valence-electron chi connectivity index (χ1n) is 8.32. The van der Waals surface area contributed by atoms with Crippen molar-refractivity contribution in [2.75, 3.05) is 20.6 Å². The van der Waals surface area contributed by atoms with E-state index in [1.54, 1.807) is 14.1 Å². The highest BCUT2D eigenvalue weighted by atomic mass is 16.1. The number of hydrogen-bond acceptors (Lipinski definition) is 2. The number of amides is 1. The van der Waals surface area contributed by atoms with Gasteiger partial charge in [-0.05, 0) is 30.0 Å². The molecular weight excluding hydrogens is 288 g/mol. The molecule has 0 radical (unpaired) electrons. The molecule has 0 aliphatic heterocycles. The summed E-state index contributed by atoms with van der Waals surface area (Å²) in [5, 5.41) is 9.23. The number of hydrogen-bond donors (Lipinski definition) is 3. The molecule has 0 saturated heterocycles. The second-order valence-corrected chi connectivity index (χ2v) is 6.02. The van der Waals surface area contributed by atoms with E-state index in [9.17, 15) is 4.79 Å². The summed E-state index contributed by atoms with van der Waals surface area (Å²) >= 11 is 0. The number of nitrogens with zero attached hydrogens (tertiary/aromatic N) is 1. The van der Waals surface area contributed by atoms with Crippen molar-refractivity contribution in [3.05, 3.63) is 35.4 Å². The van der Waals surface area contributed by atoms with Crippen molar-refractivity contribution < 1.29 is 4.79 Å². The molecule has 1 aromatic carbocycles. The lowest BCUT2D eigenvalue weighted by molar-refractivity contribution is 0.0963. The summed E-state index contributed by atoms with van der Waals surface area (Å²) in [6, 6.07) is 7.57. The van der Waals surface area contributed by atoms with Crippen LogP contribution in [-0.4, -0.2) is 32.5 Å². The first kappa shape index (κ1) is 19.0. The summed E-state index contributed by atoms with van der Waals surface area (Å²) in [7, 11) is 3.41. The van der Waals surface area contributed by atoms with Gasteiger partial charge >= 0.3 is 0 Å². The van der Waals surface area contributed by atoms with Crippen molar-refractivity contribution in [2.45, 2.75) is 39.7 Å². The molecule has 5 nitrogen and oxygen atoms in total. The Balaban J connectivity index is 2.32. The third-order valence-corrected chi connectivity index (χ3v) is 3.63. The van der Waals surface area contributed by atoms with Crippen LogP contribution in [0.25, 0.3) is 0 Å². The number of carbonyl (C=O) groups excluding carboxylic acids is 1. The Labute approximate surface area is 140 Å².